The van der Waals surface area contributed by atoms with Crippen LogP contribution in [0, 0.1) is 12.0 Å². The normalized spacial score (nSPS) is 26.7. The molecule has 0 aromatic carbocycles. The molecule has 0 heteroatoms. The van der Waals surface area contributed by atoms with Gasteiger partial charge in [0.25, 0.3) is 0 Å². The quantitative estimate of drug-likeness (QED) is 0.607. The van der Waals surface area contributed by atoms with Crippen LogP contribution in [0.3, 0.4) is 0 Å². The minimum Gasteiger partial charge on any atom is -0.0654 e. The number of hydrogen-bond donors (Lipinski definition) is 0. The van der Waals surface area contributed by atoms with Crippen LogP contribution in [-0.2, 0) is 0 Å². The molecule has 1 radical (unpaired) electrons. The van der Waals surface area contributed by atoms with Crippen LogP contribution in [0.1, 0.15) is 51.9 Å². The monoisotopic (exact) mass is 175 g/mol. The van der Waals surface area contributed by atoms with Crippen molar-refractivity contribution in [1.82, 2.24) is 0 Å². The molecule has 71 valence electrons. The summed E-state index contributed by atoms with van der Waals surface area (Å²) < 4.78 is 0. The zero-order valence-corrected chi connectivity index (χ0v) is 8.60. The first-order valence-corrected chi connectivity index (χ1v) is 5.73. The molecule has 0 saturated carbocycles. The average molecular weight is 175 g/mol. The lowest BCUT2D eigenvalue weighted by molar-refractivity contribution is 0.563. The second kappa shape index (κ2) is 4.13. The van der Waals surface area contributed by atoms with Gasteiger partial charge in [-0.2, -0.15) is 0 Å². The van der Waals surface area contributed by atoms with E-state index < -0.39 is 0 Å². The summed E-state index contributed by atoms with van der Waals surface area (Å²) in [5.74, 6) is 0.704. The van der Waals surface area contributed by atoms with Gasteiger partial charge in [-0.15, -0.1) is 0 Å². The molecule has 2 rings (SSSR count). The van der Waals surface area contributed by atoms with Gasteiger partial charge in [0.05, 0.1) is 0 Å². The van der Waals surface area contributed by atoms with E-state index in [0.29, 0.717) is 5.92 Å². The summed E-state index contributed by atoms with van der Waals surface area (Å²) in [5, 5.41) is 0. The summed E-state index contributed by atoms with van der Waals surface area (Å²) in [7, 11) is 0. The van der Waals surface area contributed by atoms with Crippen molar-refractivity contribution in [3.05, 3.63) is 23.3 Å². The lowest BCUT2D eigenvalue weighted by Gasteiger charge is -2.19. The van der Waals surface area contributed by atoms with Crippen LogP contribution in [0.2, 0.25) is 0 Å². The fourth-order valence-electron chi connectivity index (χ4n) is 2.48. The molecule has 0 aliphatic heterocycles. The van der Waals surface area contributed by atoms with Crippen molar-refractivity contribution in [1.29, 1.82) is 0 Å². The molecule has 13 heavy (non-hydrogen) atoms. The zero-order chi connectivity index (χ0) is 9.10. The molecule has 0 fully saturated rings. The van der Waals surface area contributed by atoms with Crippen molar-refractivity contribution in [3.63, 3.8) is 0 Å². The minimum atomic E-state index is 0.704. The fourth-order valence-corrected chi connectivity index (χ4v) is 2.48. The first-order chi connectivity index (χ1) is 6.42. The van der Waals surface area contributed by atoms with E-state index in [1.165, 1.54) is 44.9 Å². The Morgan fingerprint density at radius 2 is 2.23 bits per heavy atom. The van der Waals surface area contributed by atoms with Crippen LogP contribution < -0.4 is 0 Å². The predicted molar refractivity (Wildman–Crippen MR) is 56.3 cm³/mol. The van der Waals surface area contributed by atoms with Crippen molar-refractivity contribution in [3.8, 4) is 0 Å². The smallest absolute Gasteiger partial charge is 0.00570 e. The topological polar surface area (TPSA) is 0 Å². The SMILES string of the molecule is CCCCC1[C]=CC2=C1CCCC2. The van der Waals surface area contributed by atoms with Crippen LogP contribution in [0.5, 0.6) is 0 Å². The highest BCUT2D eigenvalue weighted by atomic mass is 14.3. The van der Waals surface area contributed by atoms with Gasteiger partial charge in [0.2, 0.25) is 0 Å². The molecule has 0 heterocycles. The summed E-state index contributed by atoms with van der Waals surface area (Å²) in [6.45, 7) is 2.27. The number of allylic oxidation sites excluding steroid dienone is 4. The Morgan fingerprint density at radius 1 is 1.38 bits per heavy atom. The van der Waals surface area contributed by atoms with Crippen LogP contribution in [0.4, 0.5) is 0 Å². The third kappa shape index (κ3) is 1.87. The predicted octanol–water partition coefficient (Wildman–Crippen LogP) is 4.04. The highest BCUT2D eigenvalue weighted by Gasteiger charge is 2.22. The van der Waals surface area contributed by atoms with Gasteiger partial charge in [-0.25, -0.2) is 0 Å². The highest BCUT2D eigenvalue weighted by molar-refractivity contribution is 5.35. The van der Waals surface area contributed by atoms with E-state index in [0.717, 1.165) is 0 Å². The Bertz CT molecular complexity index is 232. The minimum absolute atomic E-state index is 0.704. The lowest BCUT2D eigenvalue weighted by Crippen LogP contribution is -2.03. The molecule has 0 saturated heterocycles. The van der Waals surface area contributed by atoms with E-state index in [1.807, 2.05) is 0 Å². The number of rotatable bonds is 3. The van der Waals surface area contributed by atoms with E-state index >= 15 is 0 Å². The van der Waals surface area contributed by atoms with Crippen molar-refractivity contribution >= 4 is 0 Å². The maximum atomic E-state index is 3.53. The van der Waals surface area contributed by atoms with E-state index in [1.54, 1.807) is 11.1 Å². The first kappa shape index (κ1) is 9.05. The standard InChI is InChI=1S/C13H19/c1-2-3-6-11-9-10-12-7-4-5-8-13(11)12/h10-11H,2-8H2,1H3. The highest BCUT2D eigenvalue weighted by Crippen LogP contribution is 2.37. The molecule has 0 amide bonds. The van der Waals surface area contributed by atoms with E-state index in [9.17, 15) is 0 Å². The van der Waals surface area contributed by atoms with Crippen molar-refractivity contribution in [2.75, 3.05) is 0 Å². The van der Waals surface area contributed by atoms with Crippen molar-refractivity contribution < 1.29 is 0 Å². The number of unbranched alkanes of at least 4 members (excludes halogenated alkanes) is 1. The van der Waals surface area contributed by atoms with Crippen LogP contribution >= 0.6 is 0 Å². The number of hydrogen-bond acceptors (Lipinski definition) is 0. The summed E-state index contributed by atoms with van der Waals surface area (Å²) in [4.78, 5) is 0. The molecule has 0 spiro atoms. The Hall–Kier alpha value is -0.520. The molecule has 0 nitrogen and oxygen atoms in total. The third-order valence-corrected chi connectivity index (χ3v) is 3.28. The zero-order valence-electron chi connectivity index (χ0n) is 8.60. The summed E-state index contributed by atoms with van der Waals surface area (Å²) in [5.41, 5.74) is 3.37. The Kier molecular flexibility index (Phi) is 2.87. The van der Waals surface area contributed by atoms with Gasteiger partial charge in [-0.05, 0) is 43.8 Å². The lowest BCUT2D eigenvalue weighted by atomic mass is 9.86. The second-order valence-corrected chi connectivity index (χ2v) is 4.26. The van der Waals surface area contributed by atoms with Gasteiger partial charge in [0.1, 0.15) is 0 Å². The maximum Gasteiger partial charge on any atom is 0.00570 e. The van der Waals surface area contributed by atoms with E-state index in [4.69, 9.17) is 0 Å². The largest absolute Gasteiger partial charge is 0.0654 e. The van der Waals surface area contributed by atoms with E-state index in [2.05, 4.69) is 19.1 Å². The molecule has 0 bridgehead atoms. The summed E-state index contributed by atoms with van der Waals surface area (Å²) in [6.07, 6.45) is 15.3. The molecule has 1 unspecified atom stereocenters. The average Bonchev–Trinajstić information content (AvgIpc) is 2.58. The Morgan fingerprint density at radius 3 is 3.08 bits per heavy atom. The molecule has 2 aliphatic carbocycles. The summed E-state index contributed by atoms with van der Waals surface area (Å²) >= 11 is 0. The van der Waals surface area contributed by atoms with Gasteiger partial charge in [0, 0.05) is 5.92 Å². The molecule has 0 aromatic heterocycles. The van der Waals surface area contributed by atoms with Crippen LogP contribution in [0.15, 0.2) is 17.2 Å². The molecule has 2 aliphatic rings. The molecular weight excluding hydrogens is 156 g/mol. The first-order valence-electron chi connectivity index (χ1n) is 5.73. The fraction of sp³-hybridized carbons (Fsp3) is 0.692. The van der Waals surface area contributed by atoms with Crippen LogP contribution in [-0.4, -0.2) is 0 Å². The summed E-state index contributed by atoms with van der Waals surface area (Å²) in [6, 6.07) is 0. The van der Waals surface area contributed by atoms with Crippen molar-refractivity contribution in [2.24, 2.45) is 5.92 Å². The second-order valence-electron chi connectivity index (χ2n) is 4.26. The van der Waals surface area contributed by atoms with Gasteiger partial charge in [0.15, 0.2) is 0 Å². The van der Waals surface area contributed by atoms with E-state index in [-0.39, 0.29) is 0 Å². The van der Waals surface area contributed by atoms with Crippen LogP contribution in [0.25, 0.3) is 0 Å². The molecule has 0 N–H and O–H groups in total. The maximum absolute atomic E-state index is 3.53. The molecule has 1 atom stereocenters. The van der Waals surface area contributed by atoms with Gasteiger partial charge in [-0.3, -0.25) is 0 Å². The van der Waals surface area contributed by atoms with Gasteiger partial charge >= 0.3 is 0 Å². The molecule has 0 aromatic rings. The Balaban J connectivity index is 1.99. The van der Waals surface area contributed by atoms with Gasteiger partial charge < -0.3 is 0 Å². The van der Waals surface area contributed by atoms with Crippen molar-refractivity contribution in [2.45, 2.75) is 51.9 Å². The molecular formula is C13H19. The third-order valence-electron chi connectivity index (χ3n) is 3.28. The Labute approximate surface area is 81.7 Å². The van der Waals surface area contributed by atoms with Gasteiger partial charge in [-0.1, -0.05) is 31.4 Å².